The van der Waals surface area contributed by atoms with Crippen LogP contribution in [0.25, 0.3) is 0 Å². The molecule has 4 rings (SSSR count). The molecule has 0 N–H and O–H groups in total. The van der Waals surface area contributed by atoms with Crippen LogP contribution in [-0.4, -0.2) is 35.6 Å². The zero-order chi connectivity index (χ0) is 17.4. The Hall–Kier alpha value is -2.13. The van der Waals surface area contributed by atoms with Gasteiger partial charge in [-0.1, -0.05) is 15.9 Å². The van der Waals surface area contributed by atoms with Crippen LogP contribution in [0.3, 0.4) is 0 Å². The topological polar surface area (TPSA) is 56.1 Å². The average molecular weight is 398 g/mol. The van der Waals surface area contributed by atoms with E-state index in [4.69, 9.17) is 0 Å². The number of hydrogen-bond acceptors (Lipinski definition) is 5. The highest BCUT2D eigenvalue weighted by molar-refractivity contribution is 9.10. The summed E-state index contributed by atoms with van der Waals surface area (Å²) in [5.74, 6) is 2.51. The van der Waals surface area contributed by atoms with Gasteiger partial charge >= 0.3 is 0 Å². The van der Waals surface area contributed by atoms with E-state index in [1.807, 2.05) is 31.3 Å². The minimum absolute atomic E-state index is 0.428. The molecule has 3 heterocycles. The van der Waals surface area contributed by atoms with E-state index in [2.05, 4.69) is 47.8 Å². The maximum atomic E-state index is 9.53. The lowest BCUT2D eigenvalue weighted by Gasteiger charge is -2.40. The zero-order valence-electron chi connectivity index (χ0n) is 14.2. The van der Waals surface area contributed by atoms with Crippen LogP contribution in [0.5, 0.6) is 0 Å². The summed E-state index contributed by atoms with van der Waals surface area (Å²) < 4.78 is 0.949. The van der Waals surface area contributed by atoms with Crippen molar-refractivity contribution in [1.82, 2.24) is 9.97 Å². The van der Waals surface area contributed by atoms with E-state index >= 15 is 0 Å². The van der Waals surface area contributed by atoms with Gasteiger partial charge in [-0.3, -0.25) is 0 Å². The van der Waals surface area contributed by atoms with Crippen molar-refractivity contribution in [3.63, 3.8) is 0 Å². The van der Waals surface area contributed by atoms with Crippen molar-refractivity contribution in [2.24, 2.45) is 5.92 Å². The Bertz CT molecular complexity index is 831. The lowest BCUT2D eigenvalue weighted by atomic mass is 9.92. The van der Waals surface area contributed by atoms with Crippen LogP contribution in [0.1, 0.15) is 24.2 Å². The maximum absolute atomic E-state index is 9.53. The minimum Gasteiger partial charge on any atom is -0.365 e. The molecule has 128 valence electrons. The number of fused-ring (bicyclic) bond motifs is 1. The predicted molar refractivity (Wildman–Crippen MR) is 102 cm³/mol. The number of anilines is 2. The molecule has 5 nitrogen and oxygen atoms in total. The van der Waals surface area contributed by atoms with Gasteiger partial charge < -0.3 is 9.80 Å². The Kier molecular flexibility index (Phi) is 4.34. The summed E-state index contributed by atoms with van der Waals surface area (Å²) in [4.78, 5) is 13.6. The molecule has 0 aliphatic carbocycles. The first-order chi connectivity index (χ1) is 12.2. The molecule has 2 unspecified atom stereocenters. The van der Waals surface area contributed by atoms with Gasteiger partial charge in [-0.05, 0) is 49.9 Å². The fourth-order valence-corrected chi connectivity index (χ4v) is 4.48. The third kappa shape index (κ3) is 3.09. The molecular weight excluding hydrogens is 378 g/mol. The second-order valence-electron chi connectivity index (χ2n) is 6.78. The largest absolute Gasteiger partial charge is 0.365 e. The molecule has 6 heteroatoms. The van der Waals surface area contributed by atoms with Crippen LogP contribution in [0, 0.1) is 24.2 Å². The Morgan fingerprint density at radius 1 is 1.24 bits per heavy atom. The van der Waals surface area contributed by atoms with E-state index in [1.54, 1.807) is 0 Å². The van der Waals surface area contributed by atoms with Crippen LogP contribution in [0.15, 0.2) is 34.9 Å². The molecule has 1 aromatic heterocycles. The van der Waals surface area contributed by atoms with Gasteiger partial charge in [0.2, 0.25) is 0 Å². The van der Waals surface area contributed by atoms with E-state index in [9.17, 15) is 5.26 Å². The number of aromatic nitrogens is 2. The highest BCUT2D eigenvalue weighted by Gasteiger charge is 2.39. The van der Waals surface area contributed by atoms with Crippen molar-refractivity contribution in [1.29, 1.82) is 5.26 Å². The second kappa shape index (κ2) is 6.64. The highest BCUT2D eigenvalue weighted by Crippen LogP contribution is 2.38. The van der Waals surface area contributed by atoms with Crippen LogP contribution < -0.4 is 9.80 Å². The number of piperidine rings is 1. The molecular formula is C19H20BrN5. The molecule has 0 bridgehead atoms. The summed E-state index contributed by atoms with van der Waals surface area (Å²) in [5, 5.41) is 9.53. The van der Waals surface area contributed by atoms with Crippen LogP contribution >= 0.6 is 15.9 Å². The van der Waals surface area contributed by atoms with Crippen LogP contribution in [-0.2, 0) is 0 Å². The lowest BCUT2D eigenvalue weighted by Crippen LogP contribution is -2.48. The molecule has 2 fully saturated rings. The van der Waals surface area contributed by atoms with Crippen molar-refractivity contribution >= 4 is 27.4 Å². The van der Waals surface area contributed by atoms with E-state index in [0.29, 0.717) is 12.0 Å². The number of rotatable bonds is 2. The smallest absolute Gasteiger partial charge is 0.132 e. The fraction of sp³-hybridized carbons (Fsp3) is 0.421. The molecule has 25 heavy (non-hydrogen) atoms. The highest BCUT2D eigenvalue weighted by atomic mass is 79.9. The SMILES string of the molecule is Cc1nccc(N2CCC3CCN(c4ccc(Br)cc4C#N)C3C2)n1. The van der Waals surface area contributed by atoms with Gasteiger partial charge in [-0.2, -0.15) is 5.26 Å². The van der Waals surface area contributed by atoms with E-state index in [0.717, 1.165) is 47.0 Å². The quantitative estimate of drug-likeness (QED) is 0.775. The van der Waals surface area contributed by atoms with Crippen LogP contribution in [0.4, 0.5) is 11.5 Å². The Labute approximate surface area is 156 Å². The first-order valence-corrected chi connectivity index (χ1v) is 9.46. The second-order valence-corrected chi connectivity index (χ2v) is 7.70. The first kappa shape index (κ1) is 16.3. The van der Waals surface area contributed by atoms with Crippen molar-refractivity contribution in [2.75, 3.05) is 29.4 Å². The number of aryl methyl sites for hydroxylation is 1. The molecule has 2 aromatic rings. The van der Waals surface area contributed by atoms with Crippen molar-refractivity contribution in [2.45, 2.75) is 25.8 Å². The summed E-state index contributed by atoms with van der Waals surface area (Å²) in [7, 11) is 0. The minimum atomic E-state index is 0.428. The Morgan fingerprint density at radius 3 is 2.88 bits per heavy atom. The van der Waals surface area contributed by atoms with Gasteiger partial charge in [0.25, 0.3) is 0 Å². The van der Waals surface area contributed by atoms with Gasteiger partial charge in [-0.25, -0.2) is 9.97 Å². The number of nitriles is 1. The Morgan fingerprint density at radius 2 is 2.08 bits per heavy atom. The predicted octanol–water partition coefficient (Wildman–Crippen LogP) is 3.52. The number of nitrogens with zero attached hydrogens (tertiary/aromatic N) is 5. The summed E-state index contributed by atoms with van der Waals surface area (Å²) in [6.07, 6.45) is 4.20. The fourth-order valence-electron chi connectivity index (χ4n) is 4.12. The van der Waals surface area contributed by atoms with Crippen molar-refractivity contribution in [3.8, 4) is 6.07 Å². The molecule has 0 saturated carbocycles. The summed E-state index contributed by atoms with van der Waals surface area (Å²) in [6.45, 7) is 4.93. The Balaban J connectivity index is 1.62. The number of halogens is 1. The van der Waals surface area contributed by atoms with E-state index in [1.165, 1.54) is 12.8 Å². The van der Waals surface area contributed by atoms with Gasteiger partial charge in [0, 0.05) is 36.3 Å². The summed E-state index contributed by atoms with van der Waals surface area (Å²) in [6, 6.07) is 10.8. The normalized spacial score (nSPS) is 22.6. The van der Waals surface area contributed by atoms with Crippen LogP contribution in [0.2, 0.25) is 0 Å². The average Bonchev–Trinajstić information content (AvgIpc) is 3.04. The molecule has 2 aliphatic heterocycles. The maximum Gasteiger partial charge on any atom is 0.132 e. The molecule has 2 aliphatic rings. The van der Waals surface area contributed by atoms with Gasteiger partial charge in [0.05, 0.1) is 11.3 Å². The standard InChI is InChI=1S/C19H20BrN5/c1-13-22-7-4-19(23-13)24-8-5-14-6-9-25(18(14)12-24)17-3-2-16(20)10-15(17)11-21/h2-4,7,10,14,18H,5-6,8-9,12H2,1H3. The molecule has 0 spiro atoms. The monoisotopic (exact) mass is 397 g/mol. The third-order valence-electron chi connectivity index (χ3n) is 5.34. The van der Waals surface area contributed by atoms with E-state index < -0.39 is 0 Å². The number of benzene rings is 1. The molecule has 0 amide bonds. The van der Waals surface area contributed by atoms with Gasteiger partial charge in [-0.15, -0.1) is 0 Å². The summed E-state index contributed by atoms with van der Waals surface area (Å²) in [5.41, 5.74) is 1.80. The molecule has 1 aromatic carbocycles. The molecule has 0 radical (unpaired) electrons. The van der Waals surface area contributed by atoms with Crippen molar-refractivity contribution < 1.29 is 0 Å². The van der Waals surface area contributed by atoms with Crippen molar-refractivity contribution in [3.05, 3.63) is 46.3 Å². The van der Waals surface area contributed by atoms with Gasteiger partial charge in [0.15, 0.2) is 0 Å². The zero-order valence-corrected chi connectivity index (χ0v) is 15.8. The summed E-state index contributed by atoms with van der Waals surface area (Å²) >= 11 is 3.47. The lowest BCUT2D eigenvalue weighted by molar-refractivity contribution is 0.389. The van der Waals surface area contributed by atoms with E-state index in [-0.39, 0.29) is 0 Å². The van der Waals surface area contributed by atoms with Gasteiger partial charge in [0.1, 0.15) is 17.7 Å². The molecule has 2 saturated heterocycles. The third-order valence-corrected chi connectivity index (χ3v) is 5.83. The molecule has 2 atom stereocenters. The first-order valence-electron chi connectivity index (χ1n) is 8.66. The number of hydrogen-bond donors (Lipinski definition) is 0.